The molecular weight excluding hydrogens is 254 g/mol. The van der Waals surface area contributed by atoms with E-state index in [1.54, 1.807) is 18.3 Å². The molecule has 1 unspecified atom stereocenters. The van der Waals surface area contributed by atoms with Crippen LogP contribution in [-0.2, 0) is 4.79 Å². The van der Waals surface area contributed by atoms with Crippen LogP contribution in [-0.4, -0.2) is 17.4 Å². The minimum Gasteiger partial charge on any atom is -0.312 e. The maximum atomic E-state index is 11.9. The predicted octanol–water partition coefficient (Wildman–Crippen LogP) is 4.78. The third-order valence-electron chi connectivity index (χ3n) is 3.50. The molecule has 0 aliphatic heterocycles. The fourth-order valence-corrected chi connectivity index (χ4v) is 2.89. The van der Waals surface area contributed by atoms with E-state index in [1.807, 2.05) is 22.4 Å². The topological polar surface area (TPSA) is 20.3 Å². The average Bonchev–Trinajstić information content (AvgIpc) is 2.92. The third-order valence-corrected chi connectivity index (χ3v) is 4.41. The largest absolute Gasteiger partial charge is 0.312 e. The first kappa shape index (κ1) is 16.0. The van der Waals surface area contributed by atoms with Crippen LogP contribution >= 0.6 is 11.3 Å². The van der Waals surface area contributed by atoms with Crippen LogP contribution in [0.25, 0.3) is 5.70 Å². The van der Waals surface area contributed by atoms with Gasteiger partial charge in [-0.05, 0) is 23.8 Å². The van der Waals surface area contributed by atoms with Gasteiger partial charge < -0.3 is 4.90 Å². The van der Waals surface area contributed by atoms with Crippen LogP contribution in [0, 0.1) is 5.92 Å². The fourth-order valence-electron chi connectivity index (χ4n) is 2.18. The number of rotatable bonds is 8. The Morgan fingerprint density at radius 2 is 2.21 bits per heavy atom. The molecule has 0 fully saturated rings. The molecule has 1 heterocycles. The highest BCUT2D eigenvalue weighted by Crippen LogP contribution is 2.25. The van der Waals surface area contributed by atoms with Crippen molar-refractivity contribution in [3.8, 4) is 0 Å². The predicted molar refractivity (Wildman–Crippen MR) is 84.0 cm³/mol. The molecule has 3 heteroatoms. The Kier molecular flexibility index (Phi) is 6.85. The van der Waals surface area contributed by atoms with Crippen LogP contribution in [0.15, 0.2) is 24.1 Å². The van der Waals surface area contributed by atoms with Gasteiger partial charge >= 0.3 is 0 Å². The minimum atomic E-state index is 0.0911. The van der Waals surface area contributed by atoms with Gasteiger partial charge in [-0.3, -0.25) is 4.79 Å². The molecule has 0 aromatic carbocycles. The van der Waals surface area contributed by atoms with Gasteiger partial charge in [0.2, 0.25) is 5.91 Å². The monoisotopic (exact) mass is 279 g/mol. The summed E-state index contributed by atoms with van der Waals surface area (Å²) in [5.41, 5.74) is 0.845. The molecule has 2 nitrogen and oxygen atoms in total. The highest BCUT2D eigenvalue weighted by atomic mass is 32.1. The van der Waals surface area contributed by atoms with E-state index in [-0.39, 0.29) is 5.91 Å². The summed E-state index contributed by atoms with van der Waals surface area (Å²) in [6.07, 6.45) is 4.74. The smallest absolute Gasteiger partial charge is 0.223 e. The van der Waals surface area contributed by atoms with Gasteiger partial charge in [-0.2, -0.15) is 0 Å². The lowest BCUT2D eigenvalue weighted by Crippen LogP contribution is -2.31. The van der Waals surface area contributed by atoms with Gasteiger partial charge in [0.15, 0.2) is 0 Å². The Balaban J connectivity index is 2.72. The van der Waals surface area contributed by atoms with Gasteiger partial charge in [-0.1, -0.05) is 45.8 Å². The third kappa shape index (κ3) is 4.83. The van der Waals surface area contributed by atoms with E-state index >= 15 is 0 Å². The van der Waals surface area contributed by atoms with Crippen LogP contribution in [0.3, 0.4) is 0 Å². The van der Waals surface area contributed by atoms with Crippen LogP contribution in [0.1, 0.15) is 51.3 Å². The number of thiophene rings is 1. The maximum Gasteiger partial charge on any atom is 0.223 e. The van der Waals surface area contributed by atoms with Crippen molar-refractivity contribution in [1.29, 1.82) is 0 Å². The van der Waals surface area contributed by atoms with Crippen molar-refractivity contribution in [2.75, 3.05) is 6.54 Å². The normalized spacial score (nSPS) is 12.2. The number of hydrogen-bond acceptors (Lipinski definition) is 2. The molecule has 1 aromatic rings. The van der Waals surface area contributed by atoms with Crippen molar-refractivity contribution in [2.24, 2.45) is 5.92 Å². The van der Waals surface area contributed by atoms with E-state index in [9.17, 15) is 4.79 Å². The molecule has 0 N–H and O–H groups in total. The van der Waals surface area contributed by atoms with Gasteiger partial charge in [-0.25, -0.2) is 0 Å². The Morgan fingerprint density at radius 1 is 1.47 bits per heavy atom. The highest BCUT2D eigenvalue weighted by molar-refractivity contribution is 7.11. The van der Waals surface area contributed by atoms with Crippen molar-refractivity contribution in [3.05, 3.63) is 29.0 Å². The zero-order chi connectivity index (χ0) is 14.3. The second-order valence-electron chi connectivity index (χ2n) is 4.97. The number of hydrogen-bond donors (Lipinski definition) is 0. The quantitative estimate of drug-likeness (QED) is 0.670. The molecule has 0 aliphatic carbocycles. The molecule has 0 spiro atoms. The van der Waals surface area contributed by atoms with Crippen LogP contribution in [0.2, 0.25) is 0 Å². The molecule has 0 aliphatic rings. The lowest BCUT2D eigenvalue weighted by Gasteiger charge is -2.27. The van der Waals surface area contributed by atoms with Crippen molar-refractivity contribution in [3.63, 3.8) is 0 Å². The van der Waals surface area contributed by atoms with Crippen molar-refractivity contribution < 1.29 is 4.79 Å². The van der Waals surface area contributed by atoms with E-state index in [2.05, 4.69) is 20.4 Å². The Morgan fingerprint density at radius 3 is 2.68 bits per heavy atom. The Hall–Kier alpha value is -1.09. The molecule has 106 valence electrons. The maximum absolute atomic E-state index is 11.9. The van der Waals surface area contributed by atoms with E-state index in [0.29, 0.717) is 5.92 Å². The lowest BCUT2D eigenvalue weighted by atomic mass is 9.98. The fraction of sp³-hybridized carbons (Fsp3) is 0.562. The second kappa shape index (κ2) is 8.16. The van der Waals surface area contributed by atoms with Gasteiger partial charge in [0.25, 0.3) is 0 Å². The Labute approximate surface area is 121 Å². The number of carbonyl (C=O) groups excluding carboxylic acids is 1. The van der Waals surface area contributed by atoms with E-state index in [4.69, 9.17) is 0 Å². The summed E-state index contributed by atoms with van der Waals surface area (Å²) >= 11 is 1.64. The molecule has 1 amide bonds. The molecule has 0 saturated heterocycles. The first-order valence-electron chi connectivity index (χ1n) is 7.11. The number of unbranched alkanes of at least 4 members (excludes halogenated alkanes) is 1. The SMILES string of the molecule is C=C(c1cccs1)N(CC(CC)CCCC)C(C)=O. The summed E-state index contributed by atoms with van der Waals surface area (Å²) in [6, 6.07) is 4.02. The summed E-state index contributed by atoms with van der Waals surface area (Å²) in [5.74, 6) is 0.661. The molecule has 1 rings (SSSR count). The van der Waals surface area contributed by atoms with Gasteiger partial charge in [-0.15, -0.1) is 11.3 Å². The number of carbonyl (C=O) groups is 1. The van der Waals surface area contributed by atoms with Crippen molar-refractivity contribution >= 4 is 22.9 Å². The summed E-state index contributed by atoms with van der Waals surface area (Å²) < 4.78 is 0. The summed E-state index contributed by atoms with van der Waals surface area (Å²) in [4.78, 5) is 14.8. The average molecular weight is 279 g/mol. The number of nitrogens with zero attached hydrogens (tertiary/aromatic N) is 1. The molecular formula is C16H25NOS. The summed E-state index contributed by atoms with van der Waals surface area (Å²) in [6.45, 7) is 10.9. The highest BCUT2D eigenvalue weighted by Gasteiger charge is 2.19. The van der Waals surface area contributed by atoms with Gasteiger partial charge in [0.1, 0.15) is 0 Å². The Bertz CT molecular complexity index is 397. The lowest BCUT2D eigenvalue weighted by molar-refractivity contribution is -0.126. The van der Waals surface area contributed by atoms with Gasteiger partial charge in [0, 0.05) is 13.5 Å². The molecule has 19 heavy (non-hydrogen) atoms. The molecule has 1 aromatic heterocycles. The summed E-state index contributed by atoms with van der Waals surface area (Å²) in [5, 5.41) is 2.02. The van der Waals surface area contributed by atoms with E-state index in [0.717, 1.165) is 23.5 Å². The molecule has 0 bridgehead atoms. The van der Waals surface area contributed by atoms with E-state index in [1.165, 1.54) is 19.3 Å². The van der Waals surface area contributed by atoms with Crippen molar-refractivity contribution in [1.82, 2.24) is 4.90 Å². The van der Waals surface area contributed by atoms with Crippen LogP contribution in [0.4, 0.5) is 0 Å². The van der Waals surface area contributed by atoms with Crippen molar-refractivity contribution in [2.45, 2.75) is 46.5 Å². The van der Waals surface area contributed by atoms with Gasteiger partial charge in [0.05, 0.1) is 10.6 Å². The minimum absolute atomic E-state index is 0.0911. The number of amides is 1. The first-order valence-corrected chi connectivity index (χ1v) is 7.98. The van der Waals surface area contributed by atoms with Crippen LogP contribution < -0.4 is 0 Å². The zero-order valence-corrected chi connectivity index (χ0v) is 13.1. The van der Waals surface area contributed by atoms with E-state index < -0.39 is 0 Å². The molecule has 0 saturated carbocycles. The van der Waals surface area contributed by atoms with Crippen LogP contribution in [0.5, 0.6) is 0 Å². The first-order chi connectivity index (χ1) is 9.10. The standard InChI is InChI=1S/C16H25NOS/c1-5-7-9-15(6-2)12-17(14(4)18)13(3)16-10-8-11-19-16/h8,10-11,15H,3,5-7,9,12H2,1-2,4H3. The molecule has 1 atom stereocenters. The second-order valence-corrected chi connectivity index (χ2v) is 5.92. The molecule has 0 radical (unpaired) electrons. The summed E-state index contributed by atoms with van der Waals surface area (Å²) in [7, 11) is 0. The zero-order valence-electron chi connectivity index (χ0n) is 12.3.